The first kappa shape index (κ1) is 18.8. The number of hydrogen-bond acceptors (Lipinski definition) is 4. The summed E-state index contributed by atoms with van der Waals surface area (Å²) in [6, 6.07) is 5.20. The second-order valence-corrected chi connectivity index (χ2v) is 8.33. The van der Waals surface area contributed by atoms with Crippen LogP contribution < -0.4 is 5.32 Å². The molecule has 0 saturated heterocycles. The molecule has 0 aliphatic carbocycles. The zero-order valence-corrected chi connectivity index (χ0v) is 15.5. The Hall–Kier alpha value is -1.57. The number of furan rings is 1. The molecule has 0 spiro atoms. The number of rotatable bonds is 7. The van der Waals surface area contributed by atoms with Crippen LogP contribution in [0, 0.1) is 6.92 Å². The number of hydrogen-bond donors (Lipinski definition) is 1. The van der Waals surface area contributed by atoms with Gasteiger partial charge in [-0.2, -0.15) is 0 Å². The van der Waals surface area contributed by atoms with Gasteiger partial charge in [-0.25, -0.2) is 12.7 Å². The predicted molar refractivity (Wildman–Crippen MR) is 95.0 cm³/mol. The third-order valence-corrected chi connectivity index (χ3v) is 5.98. The van der Waals surface area contributed by atoms with Crippen LogP contribution in [0.2, 0.25) is 5.02 Å². The van der Waals surface area contributed by atoms with Gasteiger partial charge in [0, 0.05) is 36.1 Å². The zero-order chi connectivity index (χ0) is 17.9. The molecule has 0 bridgehead atoms. The summed E-state index contributed by atoms with van der Waals surface area (Å²) in [5.41, 5.74) is 1.34. The van der Waals surface area contributed by atoms with E-state index in [-0.39, 0.29) is 17.4 Å². The molecule has 0 saturated carbocycles. The minimum absolute atomic E-state index is 0.0661. The molecule has 0 fully saturated rings. The number of halogens is 1. The van der Waals surface area contributed by atoms with E-state index in [4.69, 9.17) is 16.0 Å². The quantitative estimate of drug-likeness (QED) is 0.758. The topological polar surface area (TPSA) is 79.6 Å². The fourth-order valence-electron chi connectivity index (χ4n) is 2.35. The highest BCUT2D eigenvalue weighted by Crippen LogP contribution is 2.27. The third-order valence-electron chi connectivity index (χ3n) is 3.88. The molecule has 1 heterocycles. The Bertz CT molecular complexity index is 845. The number of carbonyl (C=O) groups is 1. The van der Waals surface area contributed by atoms with Crippen LogP contribution in [0.15, 0.2) is 22.6 Å². The molecule has 1 N–H and O–H groups in total. The van der Waals surface area contributed by atoms with Crippen molar-refractivity contribution < 1.29 is 17.6 Å². The Kier molecular flexibility index (Phi) is 5.90. The first-order chi connectivity index (χ1) is 11.3. The molecule has 1 amide bonds. The maximum Gasteiger partial charge on any atom is 0.287 e. The molecule has 1 aromatic heterocycles. The van der Waals surface area contributed by atoms with Crippen molar-refractivity contribution in [3.63, 3.8) is 0 Å². The third kappa shape index (κ3) is 4.09. The summed E-state index contributed by atoms with van der Waals surface area (Å²) in [6.45, 7) is 4.12. The summed E-state index contributed by atoms with van der Waals surface area (Å²) < 4.78 is 30.2. The molecule has 2 aromatic rings. The smallest absolute Gasteiger partial charge is 0.287 e. The number of nitrogens with one attached hydrogen (secondary N) is 1. The molecular weight excluding hydrogens is 352 g/mol. The first-order valence-corrected chi connectivity index (χ1v) is 9.66. The van der Waals surface area contributed by atoms with Crippen molar-refractivity contribution in [2.24, 2.45) is 0 Å². The molecule has 0 aliphatic rings. The highest BCUT2D eigenvalue weighted by Gasteiger charge is 2.18. The van der Waals surface area contributed by atoms with Gasteiger partial charge >= 0.3 is 0 Å². The van der Waals surface area contributed by atoms with Gasteiger partial charge in [0.2, 0.25) is 10.0 Å². The number of amides is 1. The molecular formula is C16H21ClN2O4S. The molecule has 1 aromatic carbocycles. The Labute approximate surface area is 146 Å². The van der Waals surface area contributed by atoms with Crippen molar-refractivity contribution in [3.05, 3.63) is 34.5 Å². The Morgan fingerprint density at radius 2 is 2.08 bits per heavy atom. The van der Waals surface area contributed by atoms with Gasteiger partial charge in [0.25, 0.3) is 5.91 Å². The van der Waals surface area contributed by atoms with E-state index in [0.29, 0.717) is 30.1 Å². The van der Waals surface area contributed by atoms with Gasteiger partial charge in [-0.05, 0) is 38.5 Å². The molecule has 0 aliphatic heterocycles. The van der Waals surface area contributed by atoms with Crippen LogP contribution in [-0.4, -0.2) is 44.5 Å². The Morgan fingerprint density at radius 1 is 1.38 bits per heavy atom. The number of nitrogens with zero attached hydrogens (tertiary/aromatic N) is 1. The fourth-order valence-corrected chi connectivity index (χ4v) is 3.37. The highest BCUT2D eigenvalue weighted by molar-refractivity contribution is 7.89. The lowest BCUT2D eigenvalue weighted by Crippen LogP contribution is -2.32. The number of sulfonamides is 1. The molecule has 2 rings (SSSR count). The second-order valence-electron chi connectivity index (χ2n) is 5.53. The average molecular weight is 373 g/mol. The van der Waals surface area contributed by atoms with Gasteiger partial charge in [-0.15, -0.1) is 0 Å². The van der Waals surface area contributed by atoms with Crippen molar-refractivity contribution >= 4 is 38.5 Å². The van der Waals surface area contributed by atoms with E-state index < -0.39 is 10.0 Å². The molecule has 6 nitrogen and oxygen atoms in total. The van der Waals surface area contributed by atoms with Crippen LogP contribution in [0.1, 0.15) is 29.5 Å². The maximum absolute atomic E-state index is 12.2. The van der Waals surface area contributed by atoms with Gasteiger partial charge in [-0.3, -0.25) is 4.79 Å². The zero-order valence-electron chi connectivity index (χ0n) is 13.9. The summed E-state index contributed by atoms with van der Waals surface area (Å²) in [7, 11) is -1.65. The first-order valence-electron chi connectivity index (χ1n) is 7.67. The normalized spacial score (nSPS) is 12.0. The van der Waals surface area contributed by atoms with Crippen LogP contribution in [-0.2, 0) is 10.0 Å². The monoisotopic (exact) mass is 372 g/mol. The van der Waals surface area contributed by atoms with Crippen LogP contribution in [0.3, 0.4) is 0 Å². The minimum atomic E-state index is -3.19. The van der Waals surface area contributed by atoms with E-state index in [2.05, 4.69) is 5.32 Å². The van der Waals surface area contributed by atoms with Crippen LogP contribution in [0.4, 0.5) is 0 Å². The van der Waals surface area contributed by atoms with Gasteiger partial charge in [0.05, 0.1) is 5.75 Å². The summed E-state index contributed by atoms with van der Waals surface area (Å²) >= 11 is 5.96. The fraction of sp³-hybridized carbons (Fsp3) is 0.438. The van der Waals surface area contributed by atoms with Crippen molar-refractivity contribution in [2.45, 2.75) is 20.3 Å². The summed E-state index contributed by atoms with van der Waals surface area (Å²) in [5, 5.41) is 4.14. The summed E-state index contributed by atoms with van der Waals surface area (Å²) in [5.74, 6) is -0.000944. The molecule has 0 unspecified atom stereocenters. The predicted octanol–water partition coefficient (Wildman–Crippen LogP) is 2.80. The van der Waals surface area contributed by atoms with Crippen LogP contribution in [0.5, 0.6) is 0 Å². The summed E-state index contributed by atoms with van der Waals surface area (Å²) in [6.07, 6.45) is 0.520. The van der Waals surface area contributed by atoms with Gasteiger partial charge in [0.15, 0.2) is 5.76 Å². The van der Waals surface area contributed by atoms with E-state index in [9.17, 15) is 13.2 Å². The minimum Gasteiger partial charge on any atom is -0.451 e. The number of benzene rings is 1. The number of carbonyl (C=O) groups excluding carboxylic acids is 1. The van der Waals surface area contributed by atoms with E-state index in [1.54, 1.807) is 32.0 Å². The van der Waals surface area contributed by atoms with E-state index in [1.807, 2.05) is 0 Å². The second kappa shape index (κ2) is 7.55. The molecule has 24 heavy (non-hydrogen) atoms. The maximum atomic E-state index is 12.2. The van der Waals surface area contributed by atoms with Crippen molar-refractivity contribution in [2.75, 3.05) is 25.9 Å². The standard InChI is InChI=1S/C16H21ClN2O4S/c1-4-24(21,22)19(3)9-5-8-18-16(20)15-11(2)13-10-12(17)6-7-14(13)23-15/h6-7,10H,4-5,8-9H2,1-3H3,(H,18,20). The van der Waals surface area contributed by atoms with Crippen LogP contribution in [0.25, 0.3) is 11.0 Å². The molecule has 8 heteroatoms. The van der Waals surface area contributed by atoms with Crippen molar-refractivity contribution in [1.82, 2.24) is 9.62 Å². The van der Waals surface area contributed by atoms with E-state index >= 15 is 0 Å². The lowest BCUT2D eigenvalue weighted by molar-refractivity contribution is 0.0926. The lowest BCUT2D eigenvalue weighted by Gasteiger charge is -2.15. The summed E-state index contributed by atoms with van der Waals surface area (Å²) in [4.78, 5) is 12.2. The van der Waals surface area contributed by atoms with Gasteiger partial charge < -0.3 is 9.73 Å². The molecule has 132 valence electrons. The largest absolute Gasteiger partial charge is 0.451 e. The SMILES string of the molecule is CCS(=O)(=O)N(C)CCCNC(=O)c1oc2ccc(Cl)cc2c1C. The van der Waals surface area contributed by atoms with E-state index in [0.717, 1.165) is 10.9 Å². The van der Waals surface area contributed by atoms with Gasteiger partial charge in [0.1, 0.15) is 5.58 Å². The van der Waals surface area contributed by atoms with Crippen LogP contribution >= 0.6 is 11.6 Å². The Morgan fingerprint density at radius 3 is 2.75 bits per heavy atom. The van der Waals surface area contributed by atoms with E-state index in [1.165, 1.54) is 11.4 Å². The van der Waals surface area contributed by atoms with Gasteiger partial charge in [-0.1, -0.05) is 11.6 Å². The highest BCUT2D eigenvalue weighted by atomic mass is 35.5. The average Bonchev–Trinajstić information content (AvgIpc) is 2.87. The lowest BCUT2D eigenvalue weighted by atomic mass is 10.1. The molecule has 0 atom stereocenters. The Balaban J connectivity index is 1.95. The number of fused-ring (bicyclic) bond motifs is 1. The molecule has 0 radical (unpaired) electrons. The number of aryl methyl sites for hydroxylation is 1. The van der Waals surface area contributed by atoms with Crippen molar-refractivity contribution in [3.8, 4) is 0 Å². The van der Waals surface area contributed by atoms with Crippen molar-refractivity contribution in [1.29, 1.82) is 0 Å².